The molecule has 120 valence electrons. The minimum Gasteiger partial charge on any atom is -0.496 e. The van der Waals surface area contributed by atoms with E-state index in [0.717, 1.165) is 38.6 Å². The number of fused-ring (bicyclic) bond motifs is 1. The van der Waals surface area contributed by atoms with Crippen molar-refractivity contribution in [2.24, 2.45) is 5.90 Å². The Labute approximate surface area is 139 Å². The zero-order valence-electron chi connectivity index (χ0n) is 13.6. The first-order valence-corrected chi connectivity index (χ1v) is 8.24. The third-order valence-corrected chi connectivity index (χ3v) is 4.71. The van der Waals surface area contributed by atoms with Crippen LogP contribution < -0.4 is 15.5 Å². The Morgan fingerprint density at radius 3 is 2.57 bits per heavy atom. The van der Waals surface area contributed by atoms with Crippen LogP contribution in [0, 0.1) is 6.92 Å². The summed E-state index contributed by atoms with van der Waals surface area (Å²) in [7, 11) is 1.65. The van der Waals surface area contributed by atoms with Crippen molar-refractivity contribution in [3.05, 3.63) is 34.8 Å². The largest absolute Gasteiger partial charge is 0.496 e. The fourth-order valence-electron chi connectivity index (χ4n) is 2.48. The lowest BCUT2D eigenvalue weighted by Crippen LogP contribution is -2.04. The molecule has 3 aromatic rings. The molecule has 0 bridgehead atoms. The van der Waals surface area contributed by atoms with Crippen LogP contribution in [0.1, 0.15) is 31.0 Å². The van der Waals surface area contributed by atoms with Crippen molar-refractivity contribution in [3.8, 4) is 22.2 Å². The zero-order valence-corrected chi connectivity index (χ0v) is 14.4. The topological polar surface area (TPSA) is 70.3 Å². The maximum Gasteiger partial charge on any atom is 0.158 e. The van der Waals surface area contributed by atoms with Crippen LogP contribution in [0.4, 0.5) is 0 Å². The number of thiazole rings is 1. The van der Waals surface area contributed by atoms with E-state index in [9.17, 15) is 0 Å². The Balaban J connectivity index is 2.23. The second kappa shape index (κ2) is 6.14. The highest BCUT2D eigenvalue weighted by Gasteiger charge is 2.15. The van der Waals surface area contributed by atoms with Crippen molar-refractivity contribution in [3.63, 3.8) is 0 Å². The smallest absolute Gasteiger partial charge is 0.158 e. The van der Waals surface area contributed by atoms with E-state index in [1.54, 1.807) is 18.4 Å². The molecule has 6 heteroatoms. The van der Waals surface area contributed by atoms with E-state index in [-0.39, 0.29) is 0 Å². The van der Waals surface area contributed by atoms with E-state index in [2.05, 4.69) is 24.2 Å². The summed E-state index contributed by atoms with van der Waals surface area (Å²) in [5.74, 6) is 7.21. The number of aromatic nitrogens is 2. The van der Waals surface area contributed by atoms with Crippen LogP contribution in [0.25, 0.3) is 21.6 Å². The van der Waals surface area contributed by atoms with Gasteiger partial charge in [-0.25, -0.2) is 9.97 Å². The van der Waals surface area contributed by atoms with Crippen LogP contribution in [-0.4, -0.2) is 17.1 Å². The monoisotopic (exact) mass is 329 g/mol. The van der Waals surface area contributed by atoms with Crippen LogP contribution in [0.3, 0.4) is 0 Å². The summed E-state index contributed by atoms with van der Waals surface area (Å²) in [6.45, 7) is 6.21. The van der Waals surface area contributed by atoms with Crippen molar-refractivity contribution in [1.82, 2.24) is 9.97 Å². The Hall–Kier alpha value is -2.18. The average molecular weight is 329 g/mol. The number of hydrogen-bond donors (Lipinski definition) is 1. The molecule has 0 saturated carbocycles. The molecule has 0 unspecified atom stereocenters. The van der Waals surface area contributed by atoms with Crippen LogP contribution in [0.2, 0.25) is 0 Å². The normalized spacial score (nSPS) is 11.2. The minimum absolute atomic E-state index is 0.382. The SMILES string of the molecule is COc1ccc2c(ON)cc(-c3nc(C(C)C)cs3)nc2c1C. The summed E-state index contributed by atoms with van der Waals surface area (Å²) < 4.78 is 5.38. The van der Waals surface area contributed by atoms with E-state index >= 15 is 0 Å². The number of pyridine rings is 1. The van der Waals surface area contributed by atoms with Gasteiger partial charge in [-0.15, -0.1) is 11.3 Å². The predicted molar refractivity (Wildman–Crippen MR) is 93.0 cm³/mol. The van der Waals surface area contributed by atoms with Crippen LogP contribution in [-0.2, 0) is 0 Å². The summed E-state index contributed by atoms with van der Waals surface area (Å²) in [6.07, 6.45) is 0. The van der Waals surface area contributed by atoms with E-state index in [4.69, 9.17) is 20.5 Å². The second-order valence-corrected chi connectivity index (χ2v) is 6.50. The van der Waals surface area contributed by atoms with Crippen molar-refractivity contribution < 1.29 is 9.57 Å². The Morgan fingerprint density at radius 2 is 1.96 bits per heavy atom. The van der Waals surface area contributed by atoms with Crippen LogP contribution in [0.5, 0.6) is 11.5 Å². The first-order valence-electron chi connectivity index (χ1n) is 7.36. The minimum atomic E-state index is 0.382. The number of methoxy groups -OCH3 is 1. The van der Waals surface area contributed by atoms with Gasteiger partial charge >= 0.3 is 0 Å². The Kier molecular flexibility index (Phi) is 4.19. The molecular formula is C17H19N3O2S. The molecule has 0 saturated heterocycles. The molecule has 3 rings (SSSR count). The Bertz CT molecular complexity index is 858. The molecular weight excluding hydrogens is 310 g/mol. The second-order valence-electron chi connectivity index (χ2n) is 5.64. The third kappa shape index (κ3) is 2.75. The lowest BCUT2D eigenvalue weighted by atomic mass is 10.1. The molecule has 0 fully saturated rings. The van der Waals surface area contributed by atoms with E-state index < -0.39 is 0 Å². The zero-order chi connectivity index (χ0) is 16.6. The van der Waals surface area contributed by atoms with Crippen molar-refractivity contribution in [2.75, 3.05) is 7.11 Å². The molecule has 23 heavy (non-hydrogen) atoms. The highest BCUT2D eigenvalue weighted by atomic mass is 32.1. The average Bonchev–Trinajstić information content (AvgIpc) is 3.05. The molecule has 0 aliphatic carbocycles. The summed E-state index contributed by atoms with van der Waals surface area (Å²) in [6, 6.07) is 5.63. The molecule has 1 aromatic carbocycles. The fraction of sp³-hybridized carbons (Fsp3) is 0.294. The van der Waals surface area contributed by atoms with Gasteiger partial charge in [-0.05, 0) is 25.0 Å². The number of nitrogens with two attached hydrogens (primary N) is 1. The molecule has 0 amide bonds. The molecule has 0 aliphatic heterocycles. The molecule has 5 nitrogen and oxygen atoms in total. The van der Waals surface area contributed by atoms with Gasteiger partial charge in [0.2, 0.25) is 0 Å². The van der Waals surface area contributed by atoms with E-state index in [1.165, 1.54) is 0 Å². The Morgan fingerprint density at radius 1 is 1.17 bits per heavy atom. The molecule has 2 heterocycles. The van der Waals surface area contributed by atoms with Crippen LogP contribution >= 0.6 is 11.3 Å². The molecule has 0 atom stereocenters. The number of benzene rings is 1. The third-order valence-electron chi connectivity index (χ3n) is 3.83. The maximum atomic E-state index is 5.46. The standard InChI is InChI=1S/C17H19N3O2S/c1-9(2)13-8-23-17(20-13)12-7-15(22-18)11-5-6-14(21-4)10(3)16(11)19-12/h5-9H,18H2,1-4H3. The molecule has 2 N–H and O–H groups in total. The maximum absolute atomic E-state index is 5.46. The first-order chi connectivity index (χ1) is 11.0. The molecule has 0 aliphatic rings. The first kappa shape index (κ1) is 15.7. The van der Waals surface area contributed by atoms with Gasteiger partial charge in [0.15, 0.2) is 5.75 Å². The molecule has 2 aromatic heterocycles. The van der Waals surface area contributed by atoms with E-state index in [0.29, 0.717) is 11.7 Å². The number of rotatable bonds is 4. The highest BCUT2D eigenvalue weighted by molar-refractivity contribution is 7.13. The number of aryl methyl sites for hydroxylation is 1. The van der Waals surface area contributed by atoms with E-state index in [1.807, 2.05) is 25.1 Å². The van der Waals surface area contributed by atoms with Gasteiger partial charge in [-0.2, -0.15) is 5.90 Å². The molecule has 0 radical (unpaired) electrons. The van der Waals surface area contributed by atoms with Gasteiger partial charge in [0.25, 0.3) is 0 Å². The van der Waals surface area contributed by atoms with Gasteiger partial charge in [0, 0.05) is 22.4 Å². The quantitative estimate of drug-likeness (QED) is 0.731. The lowest BCUT2D eigenvalue weighted by molar-refractivity contribution is 0.338. The van der Waals surface area contributed by atoms with Crippen LogP contribution in [0.15, 0.2) is 23.6 Å². The highest BCUT2D eigenvalue weighted by Crippen LogP contribution is 2.35. The molecule has 0 spiro atoms. The van der Waals surface area contributed by atoms with Gasteiger partial charge in [-0.1, -0.05) is 13.8 Å². The predicted octanol–water partition coefficient (Wildman–Crippen LogP) is 4.05. The summed E-state index contributed by atoms with van der Waals surface area (Å²) >= 11 is 1.57. The lowest BCUT2D eigenvalue weighted by Gasteiger charge is -2.11. The van der Waals surface area contributed by atoms with Gasteiger partial charge in [0.05, 0.1) is 18.3 Å². The van der Waals surface area contributed by atoms with Crippen molar-refractivity contribution >= 4 is 22.2 Å². The van der Waals surface area contributed by atoms with Gasteiger partial charge in [-0.3, -0.25) is 0 Å². The number of hydrogen-bond acceptors (Lipinski definition) is 6. The summed E-state index contributed by atoms with van der Waals surface area (Å²) in [5.41, 5.74) is 3.57. The number of nitrogens with zero attached hydrogens (tertiary/aromatic N) is 2. The van der Waals surface area contributed by atoms with Crippen molar-refractivity contribution in [2.45, 2.75) is 26.7 Å². The fourth-order valence-corrected chi connectivity index (χ4v) is 3.42. The summed E-state index contributed by atoms with van der Waals surface area (Å²) in [5, 5.41) is 3.78. The number of ether oxygens (including phenoxy) is 1. The van der Waals surface area contributed by atoms with Gasteiger partial charge in [0.1, 0.15) is 16.5 Å². The van der Waals surface area contributed by atoms with Crippen molar-refractivity contribution in [1.29, 1.82) is 0 Å². The van der Waals surface area contributed by atoms with Gasteiger partial charge < -0.3 is 9.57 Å². The summed E-state index contributed by atoms with van der Waals surface area (Å²) in [4.78, 5) is 14.5.